The molecule has 0 radical (unpaired) electrons. The zero-order valence-electron chi connectivity index (χ0n) is 8.63. The monoisotopic (exact) mass is 187 g/mol. The second kappa shape index (κ2) is 3.25. The highest BCUT2D eigenvalue weighted by atomic mass is 15.1. The molecule has 2 heterocycles. The SMILES string of the molecule is Cc1ccc(-c2c(C)n[nH]c2C)cn1. The van der Waals surface area contributed by atoms with E-state index in [0.717, 1.165) is 28.2 Å². The third kappa shape index (κ3) is 1.41. The van der Waals surface area contributed by atoms with E-state index in [-0.39, 0.29) is 0 Å². The molecule has 0 aliphatic rings. The second-order valence-corrected chi connectivity index (χ2v) is 3.50. The number of H-pyrrole nitrogens is 1. The zero-order valence-corrected chi connectivity index (χ0v) is 8.63. The van der Waals surface area contributed by atoms with Crippen molar-refractivity contribution in [3.05, 3.63) is 35.4 Å². The number of nitrogens with one attached hydrogen (secondary N) is 1. The van der Waals surface area contributed by atoms with E-state index in [1.165, 1.54) is 0 Å². The van der Waals surface area contributed by atoms with E-state index in [2.05, 4.69) is 21.2 Å². The highest BCUT2D eigenvalue weighted by molar-refractivity contribution is 5.67. The van der Waals surface area contributed by atoms with Gasteiger partial charge in [-0.1, -0.05) is 6.07 Å². The number of pyridine rings is 1. The molecule has 0 amide bonds. The van der Waals surface area contributed by atoms with Crippen molar-refractivity contribution < 1.29 is 0 Å². The third-order valence-corrected chi connectivity index (χ3v) is 2.33. The molecule has 0 saturated heterocycles. The van der Waals surface area contributed by atoms with Crippen LogP contribution < -0.4 is 0 Å². The molecule has 3 heteroatoms. The average molecular weight is 187 g/mol. The summed E-state index contributed by atoms with van der Waals surface area (Å²) in [6, 6.07) is 4.09. The van der Waals surface area contributed by atoms with Crippen molar-refractivity contribution in [1.82, 2.24) is 15.2 Å². The van der Waals surface area contributed by atoms with Gasteiger partial charge in [0.25, 0.3) is 0 Å². The van der Waals surface area contributed by atoms with Gasteiger partial charge in [-0.15, -0.1) is 0 Å². The third-order valence-electron chi connectivity index (χ3n) is 2.33. The van der Waals surface area contributed by atoms with E-state index < -0.39 is 0 Å². The fraction of sp³-hybridized carbons (Fsp3) is 0.273. The lowest BCUT2D eigenvalue weighted by molar-refractivity contribution is 1.02. The van der Waals surface area contributed by atoms with Gasteiger partial charge < -0.3 is 0 Å². The first-order valence-electron chi connectivity index (χ1n) is 4.63. The fourth-order valence-electron chi connectivity index (χ4n) is 1.59. The number of hydrogen-bond donors (Lipinski definition) is 1. The highest BCUT2D eigenvalue weighted by Crippen LogP contribution is 2.24. The number of aromatic nitrogens is 3. The Labute approximate surface area is 83.2 Å². The van der Waals surface area contributed by atoms with Crippen molar-refractivity contribution in [2.24, 2.45) is 0 Å². The smallest absolute Gasteiger partial charge is 0.0672 e. The number of hydrogen-bond acceptors (Lipinski definition) is 2. The van der Waals surface area contributed by atoms with Crippen LogP contribution in [0.15, 0.2) is 18.3 Å². The number of aryl methyl sites for hydroxylation is 3. The molecule has 0 unspecified atom stereocenters. The number of aromatic amines is 1. The molecule has 0 atom stereocenters. The fourth-order valence-corrected chi connectivity index (χ4v) is 1.59. The van der Waals surface area contributed by atoms with E-state index >= 15 is 0 Å². The molecular formula is C11H13N3. The number of rotatable bonds is 1. The Kier molecular flexibility index (Phi) is 2.08. The van der Waals surface area contributed by atoms with Gasteiger partial charge in [0.2, 0.25) is 0 Å². The Balaban J connectivity index is 2.54. The van der Waals surface area contributed by atoms with Crippen LogP contribution in [0.5, 0.6) is 0 Å². The van der Waals surface area contributed by atoms with Crippen molar-refractivity contribution in [1.29, 1.82) is 0 Å². The summed E-state index contributed by atoms with van der Waals surface area (Å²) in [5, 5.41) is 7.13. The molecule has 0 bridgehead atoms. The molecule has 0 aliphatic carbocycles. The molecular weight excluding hydrogens is 174 g/mol. The molecule has 0 fully saturated rings. The molecule has 3 nitrogen and oxygen atoms in total. The van der Waals surface area contributed by atoms with Crippen LogP contribution >= 0.6 is 0 Å². The van der Waals surface area contributed by atoms with Crippen LogP contribution in [0.2, 0.25) is 0 Å². The second-order valence-electron chi connectivity index (χ2n) is 3.50. The largest absolute Gasteiger partial charge is 0.282 e. The van der Waals surface area contributed by atoms with Gasteiger partial charge in [0.15, 0.2) is 0 Å². The van der Waals surface area contributed by atoms with Crippen LogP contribution in [0.4, 0.5) is 0 Å². The molecule has 2 rings (SSSR count). The normalized spacial score (nSPS) is 10.5. The van der Waals surface area contributed by atoms with E-state index in [1.54, 1.807) is 0 Å². The van der Waals surface area contributed by atoms with Gasteiger partial charge in [-0.2, -0.15) is 5.10 Å². The van der Waals surface area contributed by atoms with Crippen molar-refractivity contribution in [2.45, 2.75) is 20.8 Å². The van der Waals surface area contributed by atoms with Gasteiger partial charge in [-0.25, -0.2) is 0 Å². The van der Waals surface area contributed by atoms with Gasteiger partial charge in [0, 0.05) is 28.7 Å². The van der Waals surface area contributed by atoms with Crippen LogP contribution in [0.25, 0.3) is 11.1 Å². The number of nitrogens with zero attached hydrogens (tertiary/aromatic N) is 2. The minimum atomic E-state index is 1.02. The maximum Gasteiger partial charge on any atom is 0.0672 e. The first-order valence-corrected chi connectivity index (χ1v) is 4.63. The average Bonchev–Trinajstić information content (AvgIpc) is 2.49. The zero-order chi connectivity index (χ0) is 10.1. The first-order chi connectivity index (χ1) is 6.68. The molecule has 2 aromatic rings. The summed E-state index contributed by atoms with van der Waals surface area (Å²) in [7, 11) is 0. The summed E-state index contributed by atoms with van der Waals surface area (Å²) < 4.78 is 0. The van der Waals surface area contributed by atoms with Crippen LogP contribution in [-0.2, 0) is 0 Å². The summed E-state index contributed by atoms with van der Waals surface area (Å²) in [5.74, 6) is 0. The predicted molar refractivity (Wildman–Crippen MR) is 56.0 cm³/mol. The molecule has 72 valence electrons. The highest BCUT2D eigenvalue weighted by Gasteiger charge is 2.08. The molecule has 14 heavy (non-hydrogen) atoms. The summed E-state index contributed by atoms with van der Waals surface area (Å²) >= 11 is 0. The van der Waals surface area contributed by atoms with Crippen molar-refractivity contribution in [3.8, 4) is 11.1 Å². The summed E-state index contributed by atoms with van der Waals surface area (Å²) in [5.41, 5.74) is 5.44. The van der Waals surface area contributed by atoms with Crippen molar-refractivity contribution in [3.63, 3.8) is 0 Å². The summed E-state index contributed by atoms with van der Waals surface area (Å²) in [6.45, 7) is 6.01. The Hall–Kier alpha value is -1.64. The Morgan fingerprint density at radius 1 is 1.14 bits per heavy atom. The molecule has 0 aromatic carbocycles. The van der Waals surface area contributed by atoms with Crippen LogP contribution in [0.3, 0.4) is 0 Å². The topological polar surface area (TPSA) is 41.6 Å². The Morgan fingerprint density at radius 2 is 1.93 bits per heavy atom. The lowest BCUT2D eigenvalue weighted by atomic mass is 10.1. The van der Waals surface area contributed by atoms with Gasteiger partial charge in [-0.3, -0.25) is 10.1 Å². The van der Waals surface area contributed by atoms with Crippen LogP contribution in [0, 0.1) is 20.8 Å². The molecule has 1 N–H and O–H groups in total. The quantitative estimate of drug-likeness (QED) is 0.744. The maximum absolute atomic E-state index is 4.28. The van der Waals surface area contributed by atoms with E-state index in [4.69, 9.17) is 0 Å². The van der Waals surface area contributed by atoms with Gasteiger partial charge in [-0.05, 0) is 26.8 Å². The lowest BCUT2D eigenvalue weighted by Crippen LogP contribution is -1.85. The van der Waals surface area contributed by atoms with E-state index in [9.17, 15) is 0 Å². The molecule has 2 aromatic heterocycles. The van der Waals surface area contributed by atoms with Gasteiger partial charge in [0.05, 0.1) is 5.69 Å². The van der Waals surface area contributed by atoms with Crippen molar-refractivity contribution in [2.75, 3.05) is 0 Å². The van der Waals surface area contributed by atoms with E-state index in [1.807, 2.05) is 33.0 Å². The summed E-state index contributed by atoms with van der Waals surface area (Å²) in [4.78, 5) is 4.28. The lowest BCUT2D eigenvalue weighted by Gasteiger charge is -2.00. The van der Waals surface area contributed by atoms with Crippen LogP contribution in [0.1, 0.15) is 17.1 Å². The Morgan fingerprint density at radius 3 is 2.43 bits per heavy atom. The maximum atomic E-state index is 4.28. The molecule has 0 spiro atoms. The Bertz CT molecular complexity index is 421. The van der Waals surface area contributed by atoms with Crippen LogP contribution in [-0.4, -0.2) is 15.2 Å². The van der Waals surface area contributed by atoms with Crippen molar-refractivity contribution >= 4 is 0 Å². The first kappa shape index (κ1) is 8.94. The van der Waals surface area contributed by atoms with Gasteiger partial charge >= 0.3 is 0 Å². The minimum absolute atomic E-state index is 1.02. The van der Waals surface area contributed by atoms with E-state index in [0.29, 0.717) is 0 Å². The minimum Gasteiger partial charge on any atom is -0.282 e. The predicted octanol–water partition coefficient (Wildman–Crippen LogP) is 2.40. The molecule has 0 aliphatic heterocycles. The standard InChI is InChI=1S/C11H13N3/c1-7-4-5-10(6-12-7)11-8(2)13-14-9(11)3/h4-6H,1-3H3,(H,13,14). The summed E-state index contributed by atoms with van der Waals surface area (Å²) in [6.07, 6.45) is 1.89. The van der Waals surface area contributed by atoms with Gasteiger partial charge in [0.1, 0.15) is 0 Å². The molecule has 0 saturated carbocycles.